The van der Waals surface area contributed by atoms with Crippen molar-refractivity contribution in [2.45, 2.75) is 0 Å². The average Bonchev–Trinajstić information content (AvgIpc) is 2.35. The second kappa shape index (κ2) is 6.07. The predicted octanol–water partition coefficient (Wildman–Crippen LogP) is 1.30. The van der Waals surface area contributed by atoms with Crippen LogP contribution < -0.4 is 24.8 Å². The van der Waals surface area contributed by atoms with Gasteiger partial charge in [-0.1, -0.05) is 0 Å². The van der Waals surface area contributed by atoms with E-state index in [1.54, 1.807) is 33.5 Å². The van der Waals surface area contributed by atoms with E-state index in [0.717, 1.165) is 5.69 Å². The number of benzene rings is 1. The molecule has 0 saturated carbocycles. The van der Waals surface area contributed by atoms with Crippen LogP contribution in [0.5, 0.6) is 17.2 Å². The molecule has 2 N–H and O–H groups in total. The molecule has 0 spiro atoms. The van der Waals surface area contributed by atoms with Crippen LogP contribution in [0.3, 0.4) is 0 Å². The standard InChI is InChI=1S/C11H18N2O3/c1-12-7-13-11-9(15-3)5-8(14-2)6-10(11)16-4/h5-6,12-13H,7H2,1-4H3. The Hall–Kier alpha value is -1.62. The van der Waals surface area contributed by atoms with Crippen LogP contribution in [0.2, 0.25) is 0 Å². The first-order valence-electron chi connectivity index (χ1n) is 4.95. The Morgan fingerprint density at radius 2 is 1.56 bits per heavy atom. The lowest BCUT2D eigenvalue weighted by Gasteiger charge is -2.16. The van der Waals surface area contributed by atoms with Gasteiger partial charge in [0.1, 0.15) is 22.9 Å². The maximum atomic E-state index is 5.28. The highest BCUT2D eigenvalue weighted by atomic mass is 16.5. The monoisotopic (exact) mass is 226 g/mol. The van der Waals surface area contributed by atoms with E-state index >= 15 is 0 Å². The van der Waals surface area contributed by atoms with Crippen molar-refractivity contribution < 1.29 is 14.2 Å². The second-order valence-corrected chi connectivity index (χ2v) is 3.11. The Morgan fingerprint density at radius 1 is 1.00 bits per heavy atom. The molecule has 0 radical (unpaired) electrons. The molecule has 0 fully saturated rings. The summed E-state index contributed by atoms with van der Waals surface area (Å²) in [6.45, 7) is 0.624. The van der Waals surface area contributed by atoms with Crippen LogP contribution in [0.25, 0.3) is 0 Å². The number of rotatable bonds is 6. The fourth-order valence-corrected chi connectivity index (χ4v) is 1.36. The Morgan fingerprint density at radius 3 is 1.94 bits per heavy atom. The number of methoxy groups -OCH3 is 3. The quantitative estimate of drug-likeness (QED) is 0.716. The molecule has 1 aromatic rings. The summed E-state index contributed by atoms with van der Waals surface area (Å²) in [7, 11) is 6.68. The van der Waals surface area contributed by atoms with E-state index < -0.39 is 0 Å². The van der Waals surface area contributed by atoms with E-state index in [-0.39, 0.29) is 0 Å². The summed E-state index contributed by atoms with van der Waals surface area (Å²) in [6.07, 6.45) is 0. The molecule has 5 heteroatoms. The summed E-state index contributed by atoms with van der Waals surface area (Å²) in [4.78, 5) is 0. The number of nitrogens with one attached hydrogen (secondary N) is 2. The summed E-state index contributed by atoms with van der Waals surface area (Å²) in [5.41, 5.74) is 0.806. The van der Waals surface area contributed by atoms with Crippen LogP contribution in [0.1, 0.15) is 0 Å². The van der Waals surface area contributed by atoms with Gasteiger partial charge in [-0.3, -0.25) is 0 Å². The van der Waals surface area contributed by atoms with E-state index in [1.165, 1.54) is 0 Å². The van der Waals surface area contributed by atoms with E-state index in [4.69, 9.17) is 14.2 Å². The molecule has 16 heavy (non-hydrogen) atoms. The highest BCUT2D eigenvalue weighted by Crippen LogP contribution is 2.38. The Balaban J connectivity index is 3.09. The van der Waals surface area contributed by atoms with Crippen molar-refractivity contribution >= 4 is 5.69 Å². The van der Waals surface area contributed by atoms with Crippen molar-refractivity contribution in [3.63, 3.8) is 0 Å². The first-order chi connectivity index (χ1) is 7.76. The molecule has 0 amide bonds. The molecule has 0 unspecified atom stereocenters. The van der Waals surface area contributed by atoms with Gasteiger partial charge in [0.2, 0.25) is 0 Å². The minimum Gasteiger partial charge on any atom is -0.496 e. The summed E-state index contributed by atoms with van der Waals surface area (Å²) < 4.78 is 15.7. The maximum absolute atomic E-state index is 5.28. The summed E-state index contributed by atoms with van der Waals surface area (Å²) in [5, 5.41) is 6.16. The molecular weight excluding hydrogens is 208 g/mol. The summed E-state index contributed by atoms with van der Waals surface area (Å²) in [6, 6.07) is 3.61. The minimum atomic E-state index is 0.624. The SMILES string of the molecule is CNCNc1c(OC)cc(OC)cc1OC. The number of hydrogen-bond acceptors (Lipinski definition) is 5. The summed E-state index contributed by atoms with van der Waals surface area (Å²) in [5.74, 6) is 2.07. The molecule has 0 heterocycles. The van der Waals surface area contributed by atoms with Gasteiger partial charge in [-0.05, 0) is 7.05 Å². The first kappa shape index (κ1) is 12.4. The fourth-order valence-electron chi connectivity index (χ4n) is 1.36. The molecule has 1 aromatic carbocycles. The highest BCUT2D eigenvalue weighted by molar-refractivity contribution is 5.68. The van der Waals surface area contributed by atoms with Crippen LogP contribution in [-0.2, 0) is 0 Å². The van der Waals surface area contributed by atoms with Crippen LogP contribution in [-0.4, -0.2) is 35.0 Å². The van der Waals surface area contributed by atoms with Gasteiger partial charge >= 0.3 is 0 Å². The van der Waals surface area contributed by atoms with Crippen molar-refractivity contribution in [3.8, 4) is 17.2 Å². The van der Waals surface area contributed by atoms with Gasteiger partial charge in [-0.25, -0.2) is 0 Å². The fraction of sp³-hybridized carbons (Fsp3) is 0.455. The van der Waals surface area contributed by atoms with E-state index in [2.05, 4.69) is 10.6 Å². The van der Waals surface area contributed by atoms with Crippen LogP contribution in [0, 0.1) is 0 Å². The van der Waals surface area contributed by atoms with Crippen LogP contribution in [0.4, 0.5) is 5.69 Å². The smallest absolute Gasteiger partial charge is 0.149 e. The zero-order valence-electron chi connectivity index (χ0n) is 10.1. The summed E-state index contributed by atoms with van der Waals surface area (Å²) >= 11 is 0. The van der Waals surface area contributed by atoms with Gasteiger partial charge in [0, 0.05) is 12.1 Å². The normalized spacial score (nSPS) is 9.75. The first-order valence-corrected chi connectivity index (χ1v) is 4.95. The van der Waals surface area contributed by atoms with Crippen molar-refractivity contribution in [2.24, 2.45) is 0 Å². The lowest BCUT2D eigenvalue weighted by atomic mass is 10.2. The van der Waals surface area contributed by atoms with Gasteiger partial charge in [0.15, 0.2) is 0 Å². The lowest BCUT2D eigenvalue weighted by Crippen LogP contribution is -2.17. The number of ether oxygens (including phenoxy) is 3. The lowest BCUT2D eigenvalue weighted by molar-refractivity contribution is 0.377. The third-order valence-electron chi connectivity index (χ3n) is 2.16. The number of hydrogen-bond donors (Lipinski definition) is 2. The topological polar surface area (TPSA) is 51.8 Å². The third-order valence-corrected chi connectivity index (χ3v) is 2.16. The molecule has 5 nitrogen and oxygen atoms in total. The van der Waals surface area contributed by atoms with Crippen LogP contribution in [0.15, 0.2) is 12.1 Å². The predicted molar refractivity (Wildman–Crippen MR) is 63.6 cm³/mol. The Bertz CT molecular complexity index is 317. The zero-order chi connectivity index (χ0) is 12.0. The molecule has 0 atom stereocenters. The second-order valence-electron chi connectivity index (χ2n) is 3.11. The van der Waals surface area contributed by atoms with Gasteiger partial charge in [0.05, 0.1) is 28.0 Å². The Kier molecular flexibility index (Phi) is 4.72. The van der Waals surface area contributed by atoms with Crippen LogP contribution >= 0.6 is 0 Å². The molecule has 0 bridgehead atoms. The van der Waals surface area contributed by atoms with E-state index in [0.29, 0.717) is 23.9 Å². The highest BCUT2D eigenvalue weighted by Gasteiger charge is 2.12. The molecule has 90 valence electrons. The molecule has 0 aliphatic rings. The van der Waals surface area contributed by atoms with Crippen molar-refractivity contribution in [3.05, 3.63) is 12.1 Å². The minimum absolute atomic E-state index is 0.624. The van der Waals surface area contributed by atoms with Gasteiger partial charge < -0.3 is 24.8 Å². The Labute approximate surface area is 95.7 Å². The molecule has 0 aliphatic heterocycles. The van der Waals surface area contributed by atoms with Crippen molar-refractivity contribution in [1.82, 2.24) is 5.32 Å². The van der Waals surface area contributed by atoms with Gasteiger partial charge in [0.25, 0.3) is 0 Å². The molecular formula is C11H18N2O3. The zero-order valence-corrected chi connectivity index (χ0v) is 10.1. The van der Waals surface area contributed by atoms with Crippen molar-refractivity contribution in [1.29, 1.82) is 0 Å². The molecule has 0 saturated heterocycles. The molecule has 0 aliphatic carbocycles. The average molecular weight is 226 g/mol. The third kappa shape index (κ3) is 2.70. The molecule has 0 aromatic heterocycles. The van der Waals surface area contributed by atoms with Crippen molar-refractivity contribution in [2.75, 3.05) is 40.4 Å². The molecule has 1 rings (SSSR count). The van der Waals surface area contributed by atoms with Gasteiger partial charge in [-0.2, -0.15) is 0 Å². The van der Waals surface area contributed by atoms with E-state index in [9.17, 15) is 0 Å². The largest absolute Gasteiger partial charge is 0.496 e. The number of anilines is 1. The van der Waals surface area contributed by atoms with E-state index in [1.807, 2.05) is 7.05 Å². The maximum Gasteiger partial charge on any atom is 0.149 e. The van der Waals surface area contributed by atoms with Gasteiger partial charge in [-0.15, -0.1) is 0 Å².